The lowest BCUT2D eigenvalue weighted by atomic mass is 9.78. The summed E-state index contributed by atoms with van der Waals surface area (Å²) in [7, 11) is -4.04. The fourth-order valence-electron chi connectivity index (χ4n) is 9.87. The van der Waals surface area contributed by atoms with Gasteiger partial charge in [-0.2, -0.15) is 17.6 Å². The van der Waals surface area contributed by atoms with E-state index in [0.717, 1.165) is 11.1 Å². The molecule has 0 radical (unpaired) electrons. The SMILES string of the molecule is Cc1c(F)c(F)c(-c2c(F)c(F)c(Oc3ccc(C(C)(C)c4ccc(Oc5ccc(S(=O)(=O)c6ccc(Oc7ccc(C(C)(C)c8ccc(Oc9c(F)c(F)c(-c%10c(F)c(F)c(C)c(F)c%10F)c(F)c9F)cc8)cc7)cc6)cc5)cc4)cc3)c(F)c2F)c(F)c1F. The summed E-state index contributed by atoms with van der Waals surface area (Å²) in [5, 5.41) is 0. The number of sulfone groups is 1. The minimum absolute atomic E-state index is 0.0496. The van der Waals surface area contributed by atoms with E-state index in [0.29, 0.717) is 36.5 Å². The van der Waals surface area contributed by atoms with Crippen LogP contribution in [0.4, 0.5) is 70.2 Å². The van der Waals surface area contributed by atoms with Crippen molar-refractivity contribution in [3.63, 3.8) is 0 Å². The Morgan fingerprint density at radius 3 is 0.637 bits per heavy atom. The van der Waals surface area contributed by atoms with E-state index in [9.17, 15) is 43.5 Å². The molecule has 0 aliphatic rings. The number of rotatable bonds is 16. The van der Waals surface area contributed by atoms with Crippen LogP contribution in [0.3, 0.4) is 0 Å². The second kappa shape index (κ2) is 24.2. The van der Waals surface area contributed by atoms with Crippen LogP contribution in [0.1, 0.15) is 61.1 Å². The molecule has 0 bridgehead atoms. The molecule has 23 heteroatoms. The molecule has 0 saturated heterocycles. The monoisotopic (exact) mass is 1290 g/mol. The molecule has 0 N–H and O–H groups in total. The molecular formula is C68H42F16O6S. The first kappa shape index (κ1) is 64.2. The molecule has 0 unspecified atom stereocenters. The van der Waals surface area contributed by atoms with E-state index in [2.05, 4.69) is 0 Å². The number of benzene rings is 10. The summed E-state index contributed by atoms with van der Waals surface area (Å²) in [6.07, 6.45) is 0. The van der Waals surface area contributed by atoms with Crippen molar-refractivity contribution in [3.8, 4) is 68.2 Å². The third-order valence-electron chi connectivity index (χ3n) is 15.4. The molecule has 0 fully saturated rings. The smallest absolute Gasteiger partial charge is 0.206 e. The molecule has 0 spiro atoms. The highest BCUT2D eigenvalue weighted by Gasteiger charge is 2.37. The first-order valence-electron chi connectivity index (χ1n) is 26.8. The van der Waals surface area contributed by atoms with E-state index < -0.39 is 159 Å². The molecule has 6 nitrogen and oxygen atoms in total. The average Bonchev–Trinajstić information content (AvgIpc) is 0.782. The number of ether oxygens (including phenoxy) is 4. The van der Waals surface area contributed by atoms with Crippen molar-refractivity contribution >= 4 is 9.84 Å². The van der Waals surface area contributed by atoms with Crippen molar-refractivity contribution in [1.29, 1.82) is 0 Å². The minimum atomic E-state index is -4.04. The van der Waals surface area contributed by atoms with Crippen molar-refractivity contribution in [2.24, 2.45) is 0 Å². The molecule has 10 aromatic carbocycles. The molecule has 0 saturated carbocycles. The van der Waals surface area contributed by atoms with Gasteiger partial charge in [-0.15, -0.1) is 0 Å². The van der Waals surface area contributed by atoms with Crippen molar-refractivity contribution in [2.75, 3.05) is 0 Å². The average molecular weight is 1290 g/mol. The Bertz CT molecular complexity index is 4240. The maximum Gasteiger partial charge on any atom is 0.206 e. The summed E-state index contributed by atoms with van der Waals surface area (Å²) in [6.45, 7) is 8.62. The summed E-state index contributed by atoms with van der Waals surface area (Å²) in [5.74, 6) is -38.3. The van der Waals surface area contributed by atoms with Gasteiger partial charge in [0.15, 0.2) is 69.8 Å². The van der Waals surface area contributed by atoms with Gasteiger partial charge in [-0.05, 0) is 133 Å². The molecule has 0 amide bonds. The van der Waals surface area contributed by atoms with Crippen LogP contribution >= 0.6 is 0 Å². The Balaban J connectivity index is 0.741. The zero-order valence-electron chi connectivity index (χ0n) is 47.8. The van der Waals surface area contributed by atoms with Gasteiger partial charge in [-0.25, -0.2) is 61.1 Å². The molecule has 91 heavy (non-hydrogen) atoms. The lowest BCUT2D eigenvalue weighted by Gasteiger charge is -2.26. The highest BCUT2D eigenvalue weighted by Crippen LogP contribution is 2.45. The van der Waals surface area contributed by atoms with E-state index in [1.807, 2.05) is 27.7 Å². The van der Waals surface area contributed by atoms with Gasteiger partial charge in [-0.1, -0.05) is 76.2 Å². The van der Waals surface area contributed by atoms with E-state index in [4.69, 9.17) is 18.9 Å². The lowest BCUT2D eigenvalue weighted by Crippen LogP contribution is -2.18. The van der Waals surface area contributed by atoms with Gasteiger partial charge in [0.25, 0.3) is 0 Å². The fraction of sp³-hybridized carbons (Fsp3) is 0.118. The second-order valence-electron chi connectivity index (χ2n) is 21.6. The quantitative estimate of drug-likeness (QED) is 0.0709. The highest BCUT2D eigenvalue weighted by atomic mass is 32.2. The molecule has 0 heterocycles. The van der Waals surface area contributed by atoms with Crippen molar-refractivity contribution in [1.82, 2.24) is 0 Å². The lowest BCUT2D eigenvalue weighted by molar-refractivity contribution is 0.366. The van der Waals surface area contributed by atoms with E-state index in [1.54, 1.807) is 48.5 Å². The van der Waals surface area contributed by atoms with Crippen LogP contribution in [0.15, 0.2) is 155 Å². The molecule has 0 aliphatic heterocycles. The van der Waals surface area contributed by atoms with Gasteiger partial charge in [0.2, 0.25) is 44.6 Å². The maximum absolute atomic E-state index is 15.2. The predicted octanol–water partition coefficient (Wildman–Crippen LogP) is 20.5. The van der Waals surface area contributed by atoms with Crippen LogP contribution in [0, 0.1) is 107 Å². The van der Waals surface area contributed by atoms with Gasteiger partial charge in [0.05, 0.1) is 32.0 Å². The zero-order chi connectivity index (χ0) is 66.1. The summed E-state index contributed by atoms with van der Waals surface area (Å²) >= 11 is 0. The first-order valence-corrected chi connectivity index (χ1v) is 28.3. The van der Waals surface area contributed by atoms with Crippen LogP contribution in [-0.4, -0.2) is 8.42 Å². The Kier molecular flexibility index (Phi) is 17.1. The molecule has 0 aromatic heterocycles. The van der Waals surface area contributed by atoms with E-state index >= 15 is 35.1 Å². The third kappa shape index (κ3) is 11.5. The third-order valence-corrected chi connectivity index (χ3v) is 17.2. The Hall–Kier alpha value is -9.77. The first-order chi connectivity index (χ1) is 42.9. The summed E-state index contributed by atoms with van der Waals surface area (Å²) in [6, 6.07) is 35.7. The molecule has 0 atom stereocenters. The van der Waals surface area contributed by atoms with Gasteiger partial charge in [-0.3, -0.25) is 0 Å². The number of halogens is 16. The van der Waals surface area contributed by atoms with Gasteiger partial charge in [0, 0.05) is 22.0 Å². The topological polar surface area (TPSA) is 71.1 Å². The number of hydrogen-bond acceptors (Lipinski definition) is 6. The van der Waals surface area contributed by atoms with Crippen LogP contribution in [-0.2, 0) is 20.7 Å². The summed E-state index contributed by atoms with van der Waals surface area (Å²) in [5.41, 5.74) is -9.20. The maximum atomic E-state index is 15.2. The Morgan fingerprint density at radius 2 is 0.429 bits per heavy atom. The largest absolute Gasteiger partial charge is 0.457 e. The number of hydrogen-bond donors (Lipinski definition) is 0. The van der Waals surface area contributed by atoms with Gasteiger partial charge < -0.3 is 18.9 Å². The van der Waals surface area contributed by atoms with E-state index in [1.165, 1.54) is 97.1 Å². The van der Waals surface area contributed by atoms with Gasteiger partial charge in [0.1, 0.15) is 34.5 Å². The minimum Gasteiger partial charge on any atom is -0.457 e. The standard InChI is InChI=1S/C68H42F16O6S/c1-31-49(69)53(73)45(54(74)50(31)70)47-57(77)61(81)65(62(82)58(47)78)89-41-19-11-35(12-20-41)67(3,4)33-7-15-37(16-8-33)87-39-23-27-43(28-24-39)91(85,86)44-29-25-40(26-30-44)88-38-17-9-34(10-18-38)68(5,6)36-13-21-42(22-14-36)90-66-63(83)59(79)48(60(80)64(66)84)46-55(75)51(71)32(2)52(72)56(46)76/h7-30H,1-6H3. The van der Waals surface area contributed by atoms with Crippen molar-refractivity contribution < 1.29 is 97.6 Å². The molecular weight excluding hydrogens is 1250 g/mol. The van der Waals surface area contributed by atoms with Crippen LogP contribution in [0.5, 0.6) is 46.0 Å². The van der Waals surface area contributed by atoms with Crippen molar-refractivity contribution in [3.05, 3.63) is 272 Å². The Morgan fingerprint density at radius 1 is 0.253 bits per heavy atom. The molecule has 10 aromatic rings. The summed E-state index contributed by atoms with van der Waals surface area (Å²) in [4.78, 5) is -0.0992. The molecule has 0 aliphatic carbocycles. The Labute approximate surface area is 508 Å². The van der Waals surface area contributed by atoms with Crippen LogP contribution in [0.25, 0.3) is 22.3 Å². The molecule has 10 rings (SSSR count). The highest BCUT2D eigenvalue weighted by molar-refractivity contribution is 7.91. The normalized spacial score (nSPS) is 11.9. The summed E-state index contributed by atoms with van der Waals surface area (Å²) < 4.78 is 287. The van der Waals surface area contributed by atoms with Gasteiger partial charge >= 0.3 is 0 Å². The zero-order valence-corrected chi connectivity index (χ0v) is 48.6. The van der Waals surface area contributed by atoms with E-state index in [-0.39, 0.29) is 32.8 Å². The fourth-order valence-corrected chi connectivity index (χ4v) is 11.1. The van der Waals surface area contributed by atoms with Crippen LogP contribution < -0.4 is 18.9 Å². The molecule has 468 valence electrons. The second-order valence-corrected chi connectivity index (χ2v) is 23.6. The van der Waals surface area contributed by atoms with Crippen LogP contribution in [0.2, 0.25) is 0 Å². The van der Waals surface area contributed by atoms with Crippen molar-refractivity contribution in [2.45, 2.75) is 62.2 Å². The predicted molar refractivity (Wildman–Crippen MR) is 301 cm³/mol.